The highest BCUT2D eigenvalue weighted by molar-refractivity contribution is 6.04. The number of carbonyl (C=O) groups is 1. The van der Waals surface area contributed by atoms with E-state index in [1.54, 1.807) is 0 Å². The number of nitrogens with zero attached hydrogens (tertiary/aromatic N) is 3. The van der Waals surface area contributed by atoms with Crippen molar-refractivity contribution in [2.24, 2.45) is 0 Å². The number of amides is 1. The Morgan fingerprint density at radius 2 is 1.96 bits per heavy atom. The number of H-pyrrole nitrogens is 1. The molecule has 140 valence electrons. The molecule has 2 aliphatic rings. The summed E-state index contributed by atoms with van der Waals surface area (Å²) in [5.41, 5.74) is 1.40. The SMILES string of the molecule is O=C(NC1CCCN(CCN2CCNCC2)C1)c1n[nH]c2ccccc12. The average molecular weight is 356 g/mol. The van der Waals surface area contributed by atoms with Gasteiger partial charge in [-0.25, -0.2) is 0 Å². The summed E-state index contributed by atoms with van der Waals surface area (Å²) >= 11 is 0. The molecule has 7 heteroatoms. The van der Waals surface area contributed by atoms with Crippen LogP contribution in [-0.2, 0) is 0 Å². The van der Waals surface area contributed by atoms with Gasteiger partial charge in [-0.05, 0) is 25.5 Å². The molecule has 2 aromatic rings. The van der Waals surface area contributed by atoms with Gasteiger partial charge in [0.05, 0.1) is 5.52 Å². The van der Waals surface area contributed by atoms with Crippen molar-refractivity contribution in [3.8, 4) is 0 Å². The molecular weight excluding hydrogens is 328 g/mol. The van der Waals surface area contributed by atoms with E-state index in [9.17, 15) is 4.79 Å². The Balaban J connectivity index is 1.30. The number of rotatable bonds is 5. The van der Waals surface area contributed by atoms with E-state index in [4.69, 9.17) is 0 Å². The first-order valence-electron chi connectivity index (χ1n) is 9.69. The first-order valence-corrected chi connectivity index (χ1v) is 9.69. The quantitative estimate of drug-likeness (QED) is 0.734. The Labute approximate surface area is 154 Å². The molecule has 3 N–H and O–H groups in total. The zero-order valence-corrected chi connectivity index (χ0v) is 15.2. The van der Waals surface area contributed by atoms with E-state index < -0.39 is 0 Å². The normalized spacial score (nSPS) is 22.5. The van der Waals surface area contributed by atoms with Crippen LogP contribution in [0.25, 0.3) is 10.9 Å². The molecule has 2 aliphatic heterocycles. The van der Waals surface area contributed by atoms with Crippen LogP contribution >= 0.6 is 0 Å². The second-order valence-electron chi connectivity index (χ2n) is 7.32. The molecule has 1 aromatic heterocycles. The van der Waals surface area contributed by atoms with Gasteiger partial charge in [0.2, 0.25) is 0 Å². The highest BCUT2D eigenvalue weighted by atomic mass is 16.2. The van der Waals surface area contributed by atoms with Crippen molar-refractivity contribution in [2.45, 2.75) is 18.9 Å². The summed E-state index contributed by atoms with van der Waals surface area (Å²) in [6.45, 7) is 8.72. The molecule has 1 aromatic carbocycles. The van der Waals surface area contributed by atoms with Crippen molar-refractivity contribution >= 4 is 16.8 Å². The molecular formula is C19H28N6O. The zero-order chi connectivity index (χ0) is 17.8. The van der Waals surface area contributed by atoms with Crippen LogP contribution in [0.3, 0.4) is 0 Å². The second kappa shape index (κ2) is 8.16. The van der Waals surface area contributed by atoms with Gasteiger partial charge in [0, 0.05) is 57.2 Å². The lowest BCUT2D eigenvalue weighted by atomic mass is 10.1. The third-order valence-corrected chi connectivity index (χ3v) is 5.47. The van der Waals surface area contributed by atoms with E-state index in [1.165, 1.54) is 0 Å². The first-order chi connectivity index (χ1) is 12.8. The molecule has 1 atom stereocenters. The summed E-state index contributed by atoms with van der Waals surface area (Å²) in [5.74, 6) is -0.0728. The number of fused-ring (bicyclic) bond motifs is 1. The molecule has 0 bridgehead atoms. The maximum Gasteiger partial charge on any atom is 0.272 e. The van der Waals surface area contributed by atoms with Crippen LogP contribution in [0.1, 0.15) is 23.3 Å². The van der Waals surface area contributed by atoms with Crippen molar-refractivity contribution in [3.05, 3.63) is 30.0 Å². The molecule has 2 saturated heterocycles. The molecule has 0 spiro atoms. The van der Waals surface area contributed by atoms with Crippen LogP contribution in [0.15, 0.2) is 24.3 Å². The van der Waals surface area contributed by atoms with Crippen LogP contribution in [0.4, 0.5) is 0 Å². The molecule has 3 heterocycles. The first kappa shape index (κ1) is 17.5. The summed E-state index contributed by atoms with van der Waals surface area (Å²) in [6, 6.07) is 7.97. The molecule has 0 radical (unpaired) electrons. The minimum atomic E-state index is -0.0728. The van der Waals surface area contributed by atoms with Gasteiger partial charge in [-0.1, -0.05) is 18.2 Å². The molecule has 1 amide bonds. The molecule has 0 saturated carbocycles. The lowest BCUT2D eigenvalue weighted by Gasteiger charge is -2.35. The largest absolute Gasteiger partial charge is 0.347 e. The van der Waals surface area contributed by atoms with E-state index in [2.05, 4.69) is 30.6 Å². The fourth-order valence-electron chi connectivity index (χ4n) is 3.98. The number of carbonyl (C=O) groups excluding carboxylic acids is 1. The highest BCUT2D eigenvalue weighted by Crippen LogP contribution is 2.16. The van der Waals surface area contributed by atoms with Gasteiger partial charge < -0.3 is 15.5 Å². The van der Waals surface area contributed by atoms with E-state index >= 15 is 0 Å². The van der Waals surface area contributed by atoms with Gasteiger partial charge in [0.25, 0.3) is 5.91 Å². The van der Waals surface area contributed by atoms with Crippen LogP contribution < -0.4 is 10.6 Å². The monoisotopic (exact) mass is 356 g/mol. The number of hydrogen-bond donors (Lipinski definition) is 3. The maximum atomic E-state index is 12.7. The molecule has 26 heavy (non-hydrogen) atoms. The Kier molecular flexibility index (Phi) is 5.48. The van der Waals surface area contributed by atoms with Crippen molar-refractivity contribution in [1.82, 2.24) is 30.6 Å². The van der Waals surface area contributed by atoms with Crippen LogP contribution in [0.5, 0.6) is 0 Å². The number of nitrogens with one attached hydrogen (secondary N) is 3. The summed E-state index contributed by atoms with van der Waals surface area (Å²) in [7, 11) is 0. The molecule has 2 fully saturated rings. The third kappa shape index (κ3) is 4.06. The molecule has 4 rings (SSSR count). The Morgan fingerprint density at radius 3 is 2.85 bits per heavy atom. The van der Waals surface area contributed by atoms with Crippen molar-refractivity contribution in [1.29, 1.82) is 0 Å². The predicted octanol–water partition coefficient (Wildman–Crippen LogP) is 0.662. The van der Waals surface area contributed by atoms with Crippen LogP contribution in [-0.4, -0.2) is 84.3 Å². The maximum absolute atomic E-state index is 12.7. The summed E-state index contributed by atoms with van der Waals surface area (Å²) in [6.07, 6.45) is 2.17. The van der Waals surface area contributed by atoms with Crippen molar-refractivity contribution in [3.63, 3.8) is 0 Å². The predicted molar refractivity (Wildman–Crippen MR) is 102 cm³/mol. The number of piperazine rings is 1. The average Bonchev–Trinajstić information content (AvgIpc) is 3.12. The summed E-state index contributed by atoms with van der Waals surface area (Å²) < 4.78 is 0. The second-order valence-corrected chi connectivity index (χ2v) is 7.32. The molecule has 0 aliphatic carbocycles. The fourth-order valence-corrected chi connectivity index (χ4v) is 3.98. The highest BCUT2D eigenvalue weighted by Gasteiger charge is 2.24. The van der Waals surface area contributed by atoms with Gasteiger partial charge in [-0.15, -0.1) is 0 Å². The van der Waals surface area contributed by atoms with Gasteiger partial charge in [-0.2, -0.15) is 5.10 Å². The number of aromatic amines is 1. The van der Waals surface area contributed by atoms with Gasteiger partial charge >= 0.3 is 0 Å². The number of likely N-dealkylation sites (tertiary alicyclic amines) is 1. The van der Waals surface area contributed by atoms with Crippen LogP contribution in [0.2, 0.25) is 0 Å². The van der Waals surface area contributed by atoms with E-state index in [0.717, 1.165) is 76.1 Å². The fraction of sp³-hybridized carbons (Fsp3) is 0.579. The Hall–Kier alpha value is -1.96. The van der Waals surface area contributed by atoms with Crippen molar-refractivity contribution < 1.29 is 4.79 Å². The van der Waals surface area contributed by atoms with E-state index in [1.807, 2.05) is 24.3 Å². The zero-order valence-electron chi connectivity index (χ0n) is 15.2. The number of para-hydroxylation sites is 1. The lowest BCUT2D eigenvalue weighted by Crippen LogP contribution is -2.51. The standard InChI is InChI=1S/C19H28N6O/c26-19(18-16-5-1-2-6-17(16)22-23-18)21-15-4-3-9-25(14-15)13-12-24-10-7-20-8-11-24/h1-2,5-6,15,20H,3-4,7-14H2,(H,21,26)(H,22,23). The number of piperidine rings is 1. The lowest BCUT2D eigenvalue weighted by molar-refractivity contribution is 0.0892. The summed E-state index contributed by atoms with van der Waals surface area (Å²) in [5, 5.41) is 14.6. The third-order valence-electron chi connectivity index (χ3n) is 5.47. The number of aromatic nitrogens is 2. The topological polar surface area (TPSA) is 76.3 Å². The minimum absolute atomic E-state index is 0.0728. The van der Waals surface area contributed by atoms with Gasteiger partial charge in [0.1, 0.15) is 0 Å². The van der Waals surface area contributed by atoms with E-state index in [0.29, 0.717) is 5.69 Å². The Bertz CT molecular complexity index is 738. The minimum Gasteiger partial charge on any atom is -0.347 e. The number of hydrogen-bond acceptors (Lipinski definition) is 5. The van der Waals surface area contributed by atoms with E-state index in [-0.39, 0.29) is 11.9 Å². The van der Waals surface area contributed by atoms with Gasteiger partial charge in [-0.3, -0.25) is 14.8 Å². The van der Waals surface area contributed by atoms with Crippen LogP contribution in [0, 0.1) is 0 Å². The van der Waals surface area contributed by atoms with Gasteiger partial charge in [0.15, 0.2) is 5.69 Å². The number of benzene rings is 1. The summed E-state index contributed by atoms with van der Waals surface area (Å²) in [4.78, 5) is 17.7. The molecule has 1 unspecified atom stereocenters. The van der Waals surface area contributed by atoms with Crippen molar-refractivity contribution in [2.75, 3.05) is 52.4 Å². The molecule has 7 nitrogen and oxygen atoms in total. The Morgan fingerprint density at radius 1 is 1.15 bits per heavy atom. The smallest absolute Gasteiger partial charge is 0.272 e.